The van der Waals surface area contributed by atoms with E-state index in [1.54, 1.807) is 25.6 Å². The van der Waals surface area contributed by atoms with E-state index in [0.29, 0.717) is 24.8 Å². The van der Waals surface area contributed by atoms with Gasteiger partial charge in [-0.2, -0.15) is 0 Å². The van der Waals surface area contributed by atoms with Crippen LogP contribution in [-0.4, -0.2) is 67.2 Å². The number of piperidine rings is 1. The van der Waals surface area contributed by atoms with Crippen molar-refractivity contribution in [2.75, 3.05) is 51.8 Å². The van der Waals surface area contributed by atoms with Crippen molar-refractivity contribution in [3.63, 3.8) is 0 Å². The highest BCUT2D eigenvalue weighted by Gasteiger charge is 2.19. The molecule has 0 atom stereocenters. The molecule has 0 unspecified atom stereocenters. The molecule has 2 heterocycles. The van der Waals surface area contributed by atoms with Gasteiger partial charge in [-0.05, 0) is 37.9 Å². The predicted molar refractivity (Wildman–Crippen MR) is 89.2 cm³/mol. The van der Waals surface area contributed by atoms with Crippen LogP contribution in [0.4, 0.5) is 5.95 Å². The van der Waals surface area contributed by atoms with Gasteiger partial charge >= 0.3 is 0 Å². The molecule has 1 aliphatic heterocycles. The highest BCUT2D eigenvalue weighted by molar-refractivity contribution is 5.76. The van der Waals surface area contributed by atoms with Crippen molar-refractivity contribution in [1.82, 2.24) is 20.2 Å². The molecular weight excluding hydrogens is 294 g/mol. The molecule has 0 spiro atoms. The average Bonchev–Trinajstić information content (AvgIpc) is 2.60. The number of hydrogen-bond acceptors (Lipinski definition) is 6. The molecule has 1 aliphatic rings. The third kappa shape index (κ3) is 6.92. The van der Waals surface area contributed by atoms with Gasteiger partial charge in [-0.15, -0.1) is 0 Å². The molecule has 1 amide bonds. The Morgan fingerprint density at radius 1 is 1.35 bits per heavy atom. The van der Waals surface area contributed by atoms with Gasteiger partial charge in [-0.3, -0.25) is 4.79 Å². The van der Waals surface area contributed by atoms with Crippen LogP contribution in [0.15, 0.2) is 18.5 Å². The van der Waals surface area contributed by atoms with Gasteiger partial charge in [0.25, 0.3) is 0 Å². The molecular formula is C16H27N5O2. The normalized spacial score (nSPS) is 16.2. The van der Waals surface area contributed by atoms with E-state index in [-0.39, 0.29) is 5.91 Å². The quantitative estimate of drug-likeness (QED) is 0.699. The summed E-state index contributed by atoms with van der Waals surface area (Å²) >= 11 is 0. The van der Waals surface area contributed by atoms with Gasteiger partial charge in [-0.25, -0.2) is 9.97 Å². The second-order valence-corrected chi connectivity index (χ2v) is 5.83. The van der Waals surface area contributed by atoms with E-state index in [1.807, 2.05) is 0 Å². The Bertz CT molecular complexity index is 449. The monoisotopic (exact) mass is 321 g/mol. The van der Waals surface area contributed by atoms with Gasteiger partial charge in [0.1, 0.15) is 0 Å². The maximum Gasteiger partial charge on any atom is 0.222 e. The number of amides is 1. The second kappa shape index (κ2) is 10.1. The number of likely N-dealkylation sites (tertiary alicyclic amines) is 1. The highest BCUT2D eigenvalue weighted by Crippen LogP contribution is 2.15. The molecule has 128 valence electrons. The van der Waals surface area contributed by atoms with Gasteiger partial charge in [0.2, 0.25) is 11.9 Å². The summed E-state index contributed by atoms with van der Waals surface area (Å²) in [5.74, 6) is 1.22. The molecule has 2 rings (SSSR count). The number of rotatable bonds is 9. The van der Waals surface area contributed by atoms with Crippen LogP contribution in [0.5, 0.6) is 0 Å². The van der Waals surface area contributed by atoms with Crippen molar-refractivity contribution in [3.8, 4) is 0 Å². The fourth-order valence-electron chi connectivity index (χ4n) is 2.66. The van der Waals surface area contributed by atoms with E-state index < -0.39 is 0 Å². The number of ether oxygens (including phenoxy) is 1. The lowest BCUT2D eigenvalue weighted by Gasteiger charge is -2.31. The predicted octanol–water partition coefficient (Wildman–Crippen LogP) is 0.753. The maximum absolute atomic E-state index is 11.9. The van der Waals surface area contributed by atoms with Gasteiger partial charge in [-0.1, -0.05) is 0 Å². The minimum absolute atomic E-state index is 0.0789. The number of carbonyl (C=O) groups is 1. The standard InChI is InChI=1S/C16H27N5O2/c1-23-12-11-21-9-4-14(5-10-21)13-20-15(22)3-8-19-16-17-6-2-7-18-16/h2,6-7,14H,3-5,8-13H2,1H3,(H,20,22)(H,17,18,19). The first-order chi connectivity index (χ1) is 11.3. The lowest BCUT2D eigenvalue weighted by atomic mass is 9.97. The van der Waals surface area contributed by atoms with E-state index >= 15 is 0 Å². The number of anilines is 1. The van der Waals surface area contributed by atoms with Crippen molar-refractivity contribution in [1.29, 1.82) is 0 Å². The van der Waals surface area contributed by atoms with Crippen LogP contribution in [-0.2, 0) is 9.53 Å². The van der Waals surface area contributed by atoms with Gasteiger partial charge in [0, 0.05) is 45.6 Å². The van der Waals surface area contributed by atoms with Crippen LogP contribution in [0.3, 0.4) is 0 Å². The molecule has 1 saturated heterocycles. The zero-order chi connectivity index (χ0) is 16.3. The van der Waals surface area contributed by atoms with Crippen LogP contribution in [0.2, 0.25) is 0 Å². The Labute approximate surface area is 137 Å². The first-order valence-corrected chi connectivity index (χ1v) is 8.27. The minimum Gasteiger partial charge on any atom is -0.383 e. The summed E-state index contributed by atoms with van der Waals surface area (Å²) in [6.45, 7) is 5.31. The van der Waals surface area contributed by atoms with Crippen molar-refractivity contribution < 1.29 is 9.53 Å². The number of carbonyl (C=O) groups excluding carboxylic acids is 1. The average molecular weight is 321 g/mol. The zero-order valence-corrected chi connectivity index (χ0v) is 13.8. The molecule has 1 aromatic heterocycles. The molecule has 1 fully saturated rings. The Hall–Kier alpha value is -1.73. The van der Waals surface area contributed by atoms with Crippen molar-refractivity contribution in [2.24, 2.45) is 5.92 Å². The molecule has 2 N–H and O–H groups in total. The molecule has 0 radical (unpaired) electrons. The number of nitrogens with one attached hydrogen (secondary N) is 2. The molecule has 7 nitrogen and oxygen atoms in total. The van der Waals surface area contributed by atoms with Gasteiger partial charge in [0.05, 0.1) is 6.61 Å². The zero-order valence-electron chi connectivity index (χ0n) is 13.8. The van der Waals surface area contributed by atoms with E-state index in [0.717, 1.165) is 45.6 Å². The lowest BCUT2D eigenvalue weighted by Crippen LogP contribution is -2.40. The number of nitrogens with zero attached hydrogens (tertiary/aromatic N) is 3. The van der Waals surface area contributed by atoms with Crippen molar-refractivity contribution in [3.05, 3.63) is 18.5 Å². The molecule has 7 heteroatoms. The van der Waals surface area contributed by atoms with Crippen LogP contribution in [0.25, 0.3) is 0 Å². The minimum atomic E-state index is 0.0789. The largest absolute Gasteiger partial charge is 0.383 e. The van der Waals surface area contributed by atoms with Crippen molar-refractivity contribution >= 4 is 11.9 Å². The summed E-state index contributed by atoms with van der Waals surface area (Å²) < 4.78 is 5.11. The highest BCUT2D eigenvalue weighted by atomic mass is 16.5. The molecule has 0 aliphatic carbocycles. The molecule has 0 saturated carbocycles. The third-order valence-corrected chi connectivity index (χ3v) is 4.11. The lowest BCUT2D eigenvalue weighted by molar-refractivity contribution is -0.121. The Morgan fingerprint density at radius 2 is 2.09 bits per heavy atom. The maximum atomic E-state index is 11.9. The first-order valence-electron chi connectivity index (χ1n) is 8.27. The fraction of sp³-hybridized carbons (Fsp3) is 0.688. The third-order valence-electron chi connectivity index (χ3n) is 4.11. The summed E-state index contributed by atoms with van der Waals surface area (Å²) in [6.07, 6.45) is 6.06. The fourth-order valence-corrected chi connectivity index (χ4v) is 2.66. The molecule has 0 aromatic carbocycles. The first kappa shape index (κ1) is 17.6. The van der Waals surface area contributed by atoms with Gasteiger partial charge < -0.3 is 20.3 Å². The van der Waals surface area contributed by atoms with E-state index in [4.69, 9.17) is 4.74 Å². The number of methoxy groups -OCH3 is 1. The topological polar surface area (TPSA) is 79.4 Å². The number of hydrogen-bond donors (Lipinski definition) is 2. The smallest absolute Gasteiger partial charge is 0.222 e. The molecule has 23 heavy (non-hydrogen) atoms. The summed E-state index contributed by atoms with van der Waals surface area (Å²) in [7, 11) is 1.74. The van der Waals surface area contributed by atoms with Gasteiger partial charge in [0.15, 0.2) is 0 Å². The second-order valence-electron chi connectivity index (χ2n) is 5.83. The summed E-state index contributed by atoms with van der Waals surface area (Å²) in [5.41, 5.74) is 0. The van der Waals surface area contributed by atoms with Crippen molar-refractivity contribution in [2.45, 2.75) is 19.3 Å². The molecule has 0 bridgehead atoms. The van der Waals surface area contributed by atoms with E-state index in [2.05, 4.69) is 25.5 Å². The van der Waals surface area contributed by atoms with E-state index in [9.17, 15) is 4.79 Å². The van der Waals surface area contributed by atoms with Crippen LogP contribution >= 0.6 is 0 Å². The van der Waals surface area contributed by atoms with Crippen LogP contribution in [0.1, 0.15) is 19.3 Å². The summed E-state index contributed by atoms with van der Waals surface area (Å²) in [5, 5.41) is 6.07. The Morgan fingerprint density at radius 3 is 2.78 bits per heavy atom. The number of aromatic nitrogens is 2. The summed E-state index contributed by atoms with van der Waals surface area (Å²) in [6, 6.07) is 1.76. The summed E-state index contributed by atoms with van der Waals surface area (Å²) in [4.78, 5) is 22.4. The SMILES string of the molecule is COCCN1CCC(CNC(=O)CCNc2ncccn2)CC1. The van der Waals surface area contributed by atoms with Crippen LogP contribution in [0, 0.1) is 5.92 Å². The Kier molecular flexibility index (Phi) is 7.75. The molecule has 1 aromatic rings. The van der Waals surface area contributed by atoms with Crippen LogP contribution < -0.4 is 10.6 Å². The van der Waals surface area contributed by atoms with E-state index in [1.165, 1.54) is 0 Å². The Balaban J connectivity index is 1.53.